The first kappa shape index (κ1) is 25.4. The van der Waals surface area contributed by atoms with E-state index in [1.807, 2.05) is 79.7 Å². The molecule has 2 amide bonds. The summed E-state index contributed by atoms with van der Waals surface area (Å²) in [5.74, 6) is 0.394. The third-order valence-corrected chi connectivity index (χ3v) is 7.44. The lowest BCUT2D eigenvalue weighted by molar-refractivity contribution is -0.149. The normalized spacial score (nSPS) is 14.7. The smallest absolute Gasteiger partial charge is 0.250 e. The molecule has 1 aliphatic carbocycles. The van der Waals surface area contributed by atoms with Crippen molar-refractivity contribution in [2.45, 2.75) is 57.7 Å². The van der Waals surface area contributed by atoms with Crippen LogP contribution in [0.2, 0.25) is 0 Å². The van der Waals surface area contributed by atoms with Gasteiger partial charge in [0.15, 0.2) is 0 Å². The van der Waals surface area contributed by atoms with Gasteiger partial charge in [-0.1, -0.05) is 66.4 Å². The minimum Gasteiger partial charge on any atom is -0.497 e. The van der Waals surface area contributed by atoms with Gasteiger partial charge in [0.2, 0.25) is 11.8 Å². The molecule has 38 heavy (non-hydrogen) atoms. The number of nitrogens with zero attached hydrogens (tertiary/aromatic N) is 4. The van der Waals surface area contributed by atoms with Crippen molar-refractivity contribution >= 4 is 28.5 Å². The Morgan fingerprint density at radius 3 is 2.39 bits per heavy atom. The van der Waals surface area contributed by atoms with Crippen molar-refractivity contribution in [2.24, 2.45) is 0 Å². The molecule has 1 saturated carbocycles. The fourth-order valence-corrected chi connectivity index (χ4v) is 5.28. The Kier molecular flexibility index (Phi) is 7.40. The number of hydrogen-bond donors (Lipinski definition) is 1. The van der Waals surface area contributed by atoms with Gasteiger partial charge in [-0.25, -0.2) is 4.68 Å². The largest absolute Gasteiger partial charge is 0.497 e. The second-order valence-corrected chi connectivity index (χ2v) is 9.98. The molecule has 1 fully saturated rings. The lowest BCUT2D eigenvalue weighted by atomic mass is 9.78. The average Bonchev–Trinajstić information content (AvgIpc) is 3.36. The first-order valence-corrected chi connectivity index (χ1v) is 13.1. The monoisotopic (exact) mass is 511 g/mol. The number of amides is 2. The van der Waals surface area contributed by atoms with Crippen LogP contribution in [-0.4, -0.2) is 44.4 Å². The number of carbonyl (C=O) groups excluding carboxylic acids is 2. The van der Waals surface area contributed by atoms with Crippen molar-refractivity contribution in [2.75, 3.05) is 12.4 Å². The first-order valence-electron chi connectivity index (χ1n) is 13.1. The number of benzene rings is 3. The number of aromatic nitrogens is 3. The number of methoxy groups -OCH3 is 1. The molecular weight excluding hydrogens is 478 g/mol. The van der Waals surface area contributed by atoms with Crippen molar-refractivity contribution in [3.05, 3.63) is 83.9 Å². The summed E-state index contributed by atoms with van der Waals surface area (Å²) in [7, 11) is 1.61. The van der Waals surface area contributed by atoms with E-state index >= 15 is 0 Å². The fourth-order valence-electron chi connectivity index (χ4n) is 5.28. The molecule has 8 nitrogen and oxygen atoms in total. The van der Waals surface area contributed by atoms with Crippen molar-refractivity contribution in [3.8, 4) is 5.75 Å². The molecule has 0 atom stereocenters. The van der Waals surface area contributed by atoms with Gasteiger partial charge in [0.1, 0.15) is 23.3 Å². The van der Waals surface area contributed by atoms with E-state index in [4.69, 9.17) is 4.74 Å². The number of hydrogen-bond acceptors (Lipinski definition) is 5. The maximum atomic E-state index is 14.1. The molecule has 0 bridgehead atoms. The van der Waals surface area contributed by atoms with Gasteiger partial charge in [-0.2, -0.15) is 0 Å². The molecule has 1 N–H and O–H groups in total. The van der Waals surface area contributed by atoms with Crippen LogP contribution in [0.3, 0.4) is 0 Å². The summed E-state index contributed by atoms with van der Waals surface area (Å²) in [6.07, 6.45) is 3.99. The molecule has 0 radical (unpaired) electrons. The molecule has 4 aromatic rings. The minimum absolute atomic E-state index is 0.00391. The van der Waals surface area contributed by atoms with Crippen LogP contribution in [0.5, 0.6) is 5.75 Å². The third kappa shape index (κ3) is 5.25. The number of anilines is 1. The van der Waals surface area contributed by atoms with Gasteiger partial charge >= 0.3 is 0 Å². The van der Waals surface area contributed by atoms with E-state index in [9.17, 15) is 9.59 Å². The SMILES string of the molecule is COc1ccc(NC(=O)C2(N(Cc3ccc(C)cc3)C(=O)Cn3nnc4ccccc43)CCCCC2)cc1. The molecule has 5 rings (SSSR count). The van der Waals surface area contributed by atoms with Crippen LogP contribution in [0.25, 0.3) is 11.0 Å². The fraction of sp³-hybridized carbons (Fsp3) is 0.333. The minimum atomic E-state index is -0.976. The summed E-state index contributed by atoms with van der Waals surface area (Å²) in [5.41, 5.74) is 3.34. The zero-order valence-electron chi connectivity index (χ0n) is 21.9. The summed E-state index contributed by atoms with van der Waals surface area (Å²) < 4.78 is 6.88. The number of nitrogens with one attached hydrogen (secondary N) is 1. The highest BCUT2D eigenvalue weighted by Crippen LogP contribution is 2.37. The summed E-state index contributed by atoms with van der Waals surface area (Å²) in [6.45, 7) is 2.37. The van der Waals surface area contributed by atoms with Gasteiger partial charge < -0.3 is 15.0 Å². The van der Waals surface area contributed by atoms with Crippen molar-refractivity contribution < 1.29 is 14.3 Å². The van der Waals surface area contributed by atoms with Gasteiger partial charge in [-0.05, 0) is 61.7 Å². The Hall–Kier alpha value is -4.20. The van der Waals surface area contributed by atoms with Crippen LogP contribution >= 0.6 is 0 Å². The standard InChI is InChI=1S/C30H33N5O3/c1-22-10-12-23(13-11-22)20-34(28(36)21-35-27-9-5-4-8-26(27)32-33-35)30(18-6-3-7-19-30)29(37)31-24-14-16-25(38-2)17-15-24/h4-5,8-17H,3,6-7,18-21H2,1-2H3,(H,31,37). The summed E-state index contributed by atoms with van der Waals surface area (Å²) >= 11 is 0. The van der Waals surface area contributed by atoms with Crippen LogP contribution in [-0.2, 0) is 22.7 Å². The molecule has 0 aliphatic heterocycles. The topological polar surface area (TPSA) is 89.4 Å². The Bertz CT molecular complexity index is 1410. The Morgan fingerprint density at radius 1 is 0.974 bits per heavy atom. The number of rotatable bonds is 8. The van der Waals surface area contributed by atoms with Gasteiger partial charge in [0.25, 0.3) is 0 Å². The van der Waals surface area contributed by atoms with E-state index in [0.717, 1.165) is 41.4 Å². The molecule has 1 aromatic heterocycles. The number of ether oxygens (including phenoxy) is 1. The van der Waals surface area contributed by atoms with E-state index in [2.05, 4.69) is 15.6 Å². The predicted octanol–water partition coefficient (Wildman–Crippen LogP) is 5.12. The highest BCUT2D eigenvalue weighted by Gasteiger charge is 2.47. The Morgan fingerprint density at radius 2 is 1.68 bits per heavy atom. The number of fused-ring (bicyclic) bond motifs is 1. The second kappa shape index (κ2) is 11.0. The Labute approximate surface area is 222 Å². The van der Waals surface area contributed by atoms with Crippen LogP contribution in [0.4, 0.5) is 5.69 Å². The van der Waals surface area contributed by atoms with Crippen molar-refractivity contribution in [1.82, 2.24) is 19.9 Å². The quantitative estimate of drug-likeness (QED) is 0.355. The highest BCUT2D eigenvalue weighted by atomic mass is 16.5. The lowest BCUT2D eigenvalue weighted by Crippen LogP contribution is -2.60. The van der Waals surface area contributed by atoms with Crippen LogP contribution in [0.1, 0.15) is 43.2 Å². The second-order valence-electron chi connectivity index (χ2n) is 9.98. The Balaban J connectivity index is 1.50. The van der Waals surface area contributed by atoms with E-state index in [1.54, 1.807) is 16.7 Å². The van der Waals surface area contributed by atoms with E-state index < -0.39 is 5.54 Å². The first-order chi connectivity index (χ1) is 18.5. The molecule has 8 heteroatoms. The molecule has 0 unspecified atom stereocenters. The third-order valence-electron chi connectivity index (χ3n) is 7.44. The van der Waals surface area contributed by atoms with E-state index in [0.29, 0.717) is 30.8 Å². The number of para-hydroxylation sites is 1. The summed E-state index contributed by atoms with van der Waals surface area (Å²) in [6, 6.07) is 23.0. The average molecular weight is 512 g/mol. The van der Waals surface area contributed by atoms with E-state index in [-0.39, 0.29) is 18.4 Å². The number of carbonyl (C=O) groups is 2. The van der Waals surface area contributed by atoms with Crippen LogP contribution in [0.15, 0.2) is 72.8 Å². The maximum Gasteiger partial charge on any atom is 0.250 e. The molecule has 1 heterocycles. The van der Waals surface area contributed by atoms with Crippen molar-refractivity contribution in [1.29, 1.82) is 0 Å². The summed E-state index contributed by atoms with van der Waals surface area (Å²) in [4.78, 5) is 30.0. The number of aryl methyl sites for hydroxylation is 1. The summed E-state index contributed by atoms with van der Waals surface area (Å²) in [5, 5.41) is 11.6. The van der Waals surface area contributed by atoms with Gasteiger partial charge in [-0.3, -0.25) is 9.59 Å². The zero-order valence-corrected chi connectivity index (χ0v) is 21.9. The molecular formula is C30H33N5O3. The lowest BCUT2D eigenvalue weighted by Gasteiger charge is -2.45. The van der Waals surface area contributed by atoms with E-state index in [1.165, 1.54) is 0 Å². The van der Waals surface area contributed by atoms with Crippen LogP contribution < -0.4 is 10.1 Å². The molecule has 196 valence electrons. The molecule has 0 spiro atoms. The molecule has 3 aromatic carbocycles. The van der Waals surface area contributed by atoms with Gasteiger partial charge in [0, 0.05) is 12.2 Å². The van der Waals surface area contributed by atoms with Gasteiger partial charge in [0.05, 0.1) is 12.6 Å². The maximum absolute atomic E-state index is 14.1. The molecule has 0 saturated heterocycles. The highest BCUT2D eigenvalue weighted by molar-refractivity contribution is 6.00. The van der Waals surface area contributed by atoms with Crippen molar-refractivity contribution in [3.63, 3.8) is 0 Å². The van der Waals surface area contributed by atoms with Crippen LogP contribution in [0, 0.1) is 6.92 Å². The van der Waals surface area contributed by atoms with Gasteiger partial charge in [-0.15, -0.1) is 5.10 Å². The molecule has 1 aliphatic rings. The zero-order chi connectivity index (χ0) is 26.5. The predicted molar refractivity (Wildman–Crippen MR) is 147 cm³/mol.